The van der Waals surface area contributed by atoms with Crippen LogP contribution in [0, 0.1) is 0 Å². The van der Waals surface area contributed by atoms with Crippen molar-refractivity contribution < 1.29 is 4.18 Å². The lowest BCUT2D eigenvalue weighted by atomic mass is 10.4. The first kappa shape index (κ1) is 4.43. The third-order valence-corrected chi connectivity index (χ3v) is 1.51. The number of hydrogen-bond acceptors (Lipinski definition) is 3. The first-order chi connectivity index (χ1) is 2.89. The molecule has 0 saturated carbocycles. The maximum Gasteiger partial charge on any atom is 0.0774 e. The molecule has 0 radical (unpaired) electrons. The Morgan fingerprint density at radius 3 is 2.83 bits per heavy atom. The SMILES string of the molecule is NC1COSC1. The van der Waals surface area contributed by atoms with E-state index in [0.29, 0.717) is 0 Å². The first-order valence-electron chi connectivity index (χ1n) is 1.89. The standard InChI is InChI=1S/C3H7NOS/c4-3-1-5-6-2-3/h3H,1-2,4H2. The third-order valence-electron chi connectivity index (χ3n) is 0.648. The molecule has 0 amide bonds. The van der Waals surface area contributed by atoms with E-state index in [-0.39, 0.29) is 6.04 Å². The van der Waals surface area contributed by atoms with Crippen molar-refractivity contribution in [1.29, 1.82) is 0 Å². The van der Waals surface area contributed by atoms with Gasteiger partial charge in [-0.15, -0.1) is 0 Å². The molecular weight excluding hydrogens is 98.1 g/mol. The Morgan fingerprint density at radius 2 is 2.67 bits per heavy atom. The second-order valence-corrected chi connectivity index (χ2v) is 2.13. The van der Waals surface area contributed by atoms with Crippen molar-refractivity contribution in [3.63, 3.8) is 0 Å². The fraction of sp³-hybridized carbons (Fsp3) is 1.00. The Morgan fingerprint density at radius 1 is 1.83 bits per heavy atom. The predicted molar refractivity (Wildman–Crippen MR) is 26.4 cm³/mol. The fourth-order valence-corrected chi connectivity index (χ4v) is 0.957. The zero-order chi connectivity index (χ0) is 4.41. The molecule has 1 saturated heterocycles. The van der Waals surface area contributed by atoms with Gasteiger partial charge in [0, 0.05) is 11.8 Å². The van der Waals surface area contributed by atoms with Crippen LogP contribution in [0.4, 0.5) is 0 Å². The van der Waals surface area contributed by atoms with E-state index in [9.17, 15) is 0 Å². The van der Waals surface area contributed by atoms with Gasteiger partial charge in [-0.1, -0.05) is 0 Å². The van der Waals surface area contributed by atoms with Crippen molar-refractivity contribution in [2.75, 3.05) is 12.4 Å². The van der Waals surface area contributed by atoms with E-state index < -0.39 is 0 Å². The summed E-state index contributed by atoms with van der Waals surface area (Å²) >= 11 is 1.46. The molecule has 1 aliphatic rings. The van der Waals surface area contributed by atoms with Gasteiger partial charge in [0.05, 0.1) is 6.61 Å². The Bertz CT molecular complexity index is 44.1. The highest BCUT2D eigenvalue weighted by atomic mass is 32.2. The molecular formula is C3H7NOS. The average Bonchev–Trinajstić information content (AvgIpc) is 1.86. The van der Waals surface area contributed by atoms with Crippen LogP contribution in [0.1, 0.15) is 0 Å². The highest BCUT2D eigenvalue weighted by Crippen LogP contribution is 2.11. The van der Waals surface area contributed by atoms with E-state index in [1.54, 1.807) is 0 Å². The smallest absolute Gasteiger partial charge is 0.0774 e. The van der Waals surface area contributed by atoms with Gasteiger partial charge < -0.3 is 9.92 Å². The molecule has 0 bridgehead atoms. The minimum Gasteiger partial charge on any atom is -0.325 e. The number of nitrogens with two attached hydrogens (primary N) is 1. The van der Waals surface area contributed by atoms with Crippen LogP contribution in [0.25, 0.3) is 0 Å². The van der Waals surface area contributed by atoms with Gasteiger partial charge in [-0.25, -0.2) is 0 Å². The van der Waals surface area contributed by atoms with Gasteiger partial charge in [-0.2, -0.15) is 0 Å². The summed E-state index contributed by atoms with van der Waals surface area (Å²) in [7, 11) is 0. The summed E-state index contributed by atoms with van der Waals surface area (Å²) in [6.07, 6.45) is 0. The molecule has 6 heavy (non-hydrogen) atoms. The quantitative estimate of drug-likeness (QED) is 0.440. The summed E-state index contributed by atoms with van der Waals surface area (Å²) in [5, 5.41) is 0. The summed E-state index contributed by atoms with van der Waals surface area (Å²) in [4.78, 5) is 0. The molecule has 2 N–H and O–H groups in total. The highest BCUT2D eigenvalue weighted by Gasteiger charge is 2.09. The van der Waals surface area contributed by atoms with Crippen molar-refractivity contribution in [3.05, 3.63) is 0 Å². The van der Waals surface area contributed by atoms with E-state index in [0.717, 1.165) is 12.4 Å². The largest absolute Gasteiger partial charge is 0.325 e. The summed E-state index contributed by atoms with van der Waals surface area (Å²) in [5.41, 5.74) is 5.39. The predicted octanol–water partition coefficient (Wildman–Crippen LogP) is -0.00790. The third kappa shape index (κ3) is 0.864. The van der Waals surface area contributed by atoms with Crippen LogP contribution in [0.5, 0.6) is 0 Å². The van der Waals surface area contributed by atoms with Gasteiger partial charge in [-0.3, -0.25) is 0 Å². The second-order valence-electron chi connectivity index (χ2n) is 1.33. The minimum atomic E-state index is 0.287. The van der Waals surface area contributed by atoms with Gasteiger partial charge >= 0.3 is 0 Å². The molecule has 0 aromatic rings. The molecule has 1 atom stereocenters. The molecule has 1 aliphatic heterocycles. The van der Waals surface area contributed by atoms with Crippen LogP contribution in [-0.2, 0) is 4.18 Å². The van der Waals surface area contributed by atoms with Crippen LogP contribution in [0.15, 0.2) is 0 Å². The monoisotopic (exact) mass is 105 g/mol. The lowest BCUT2D eigenvalue weighted by Gasteiger charge is -1.88. The first-order valence-corrected chi connectivity index (χ1v) is 2.80. The summed E-state index contributed by atoms with van der Waals surface area (Å²) in [5.74, 6) is 0.958. The van der Waals surface area contributed by atoms with Crippen LogP contribution >= 0.6 is 12.0 Å². The lowest BCUT2D eigenvalue weighted by molar-refractivity contribution is 0.381. The molecule has 0 aromatic carbocycles. The van der Waals surface area contributed by atoms with Crippen molar-refractivity contribution in [1.82, 2.24) is 0 Å². The minimum absolute atomic E-state index is 0.287. The number of hydrogen-bond donors (Lipinski definition) is 1. The van der Waals surface area contributed by atoms with E-state index in [1.807, 2.05) is 0 Å². The van der Waals surface area contributed by atoms with Crippen LogP contribution in [-0.4, -0.2) is 18.4 Å². The van der Waals surface area contributed by atoms with Crippen LogP contribution < -0.4 is 5.73 Å². The Kier molecular flexibility index (Phi) is 1.34. The van der Waals surface area contributed by atoms with Gasteiger partial charge in [0.25, 0.3) is 0 Å². The highest BCUT2D eigenvalue weighted by molar-refractivity contribution is 7.94. The molecule has 1 unspecified atom stereocenters. The van der Waals surface area contributed by atoms with Crippen molar-refractivity contribution in [2.45, 2.75) is 6.04 Å². The number of rotatable bonds is 0. The zero-order valence-corrected chi connectivity index (χ0v) is 4.20. The Hall–Kier alpha value is 0.270. The van der Waals surface area contributed by atoms with Crippen molar-refractivity contribution >= 4 is 12.0 Å². The van der Waals surface area contributed by atoms with Crippen molar-refractivity contribution in [2.24, 2.45) is 5.73 Å². The molecule has 3 heteroatoms. The molecule has 1 fully saturated rings. The Labute approximate surface area is 41.2 Å². The topological polar surface area (TPSA) is 35.2 Å². The van der Waals surface area contributed by atoms with E-state index in [2.05, 4.69) is 0 Å². The van der Waals surface area contributed by atoms with Gasteiger partial charge in [0.2, 0.25) is 0 Å². The average molecular weight is 105 g/mol. The van der Waals surface area contributed by atoms with Crippen LogP contribution in [0.2, 0.25) is 0 Å². The molecule has 0 aliphatic carbocycles. The van der Waals surface area contributed by atoms with Gasteiger partial charge in [0.15, 0.2) is 0 Å². The molecule has 0 spiro atoms. The normalized spacial score (nSPS) is 34.5. The Balaban J connectivity index is 2.18. The molecule has 1 heterocycles. The summed E-state index contributed by atoms with van der Waals surface area (Å²) < 4.78 is 4.85. The maximum atomic E-state index is 5.39. The van der Waals surface area contributed by atoms with Gasteiger partial charge in [0.1, 0.15) is 0 Å². The molecule has 36 valence electrons. The molecule has 2 nitrogen and oxygen atoms in total. The zero-order valence-electron chi connectivity index (χ0n) is 3.39. The van der Waals surface area contributed by atoms with Gasteiger partial charge in [-0.05, 0) is 12.0 Å². The second kappa shape index (κ2) is 1.82. The van der Waals surface area contributed by atoms with Crippen molar-refractivity contribution in [3.8, 4) is 0 Å². The van der Waals surface area contributed by atoms with E-state index in [1.165, 1.54) is 12.0 Å². The maximum absolute atomic E-state index is 5.39. The summed E-state index contributed by atoms with van der Waals surface area (Å²) in [6.45, 7) is 0.727. The van der Waals surface area contributed by atoms with E-state index >= 15 is 0 Å². The lowest BCUT2D eigenvalue weighted by Crippen LogP contribution is -2.21. The van der Waals surface area contributed by atoms with E-state index in [4.69, 9.17) is 9.92 Å². The fourth-order valence-electron chi connectivity index (χ4n) is 0.319. The van der Waals surface area contributed by atoms with Crippen LogP contribution in [0.3, 0.4) is 0 Å². The molecule has 0 aromatic heterocycles. The molecule has 1 rings (SSSR count). The summed E-state index contributed by atoms with van der Waals surface area (Å²) in [6, 6.07) is 0.287.